The molecule has 1 aromatic carbocycles. The molecule has 2 heterocycles. The van der Waals surface area contributed by atoms with Gasteiger partial charge in [0.1, 0.15) is 6.04 Å². The van der Waals surface area contributed by atoms with Crippen LogP contribution in [-0.2, 0) is 9.59 Å². The molecule has 4 atom stereocenters. The molecule has 8 heteroatoms. The van der Waals surface area contributed by atoms with Gasteiger partial charge in [-0.25, -0.2) is 10.3 Å². The van der Waals surface area contributed by atoms with Crippen molar-refractivity contribution in [3.8, 4) is 0 Å². The summed E-state index contributed by atoms with van der Waals surface area (Å²) in [6, 6.07) is 8.81. The highest BCUT2D eigenvalue weighted by atomic mass is 16.5. The Morgan fingerprint density at radius 1 is 1.16 bits per heavy atom. The Morgan fingerprint density at radius 3 is 2.41 bits per heavy atom. The predicted octanol–water partition coefficient (Wildman–Crippen LogP) is 2.84. The van der Waals surface area contributed by atoms with Crippen molar-refractivity contribution in [1.29, 1.82) is 0 Å². The van der Waals surface area contributed by atoms with Crippen LogP contribution in [-0.4, -0.2) is 63.7 Å². The van der Waals surface area contributed by atoms with E-state index in [9.17, 15) is 24.7 Å². The maximum Gasteiger partial charge on any atom is 0.408 e. The molecule has 0 radical (unpaired) electrons. The van der Waals surface area contributed by atoms with Crippen molar-refractivity contribution in [2.45, 2.75) is 39.2 Å². The van der Waals surface area contributed by atoms with E-state index < -0.39 is 24.0 Å². The van der Waals surface area contributed by atoms with Crippen LogP contribution in [0.3, 0.4) is 0 Å². The first-order valence-electron chi connectivity index (χ1n) is 11.2. The van der Waals surface area contributed by atoms with Crippen molar-refractivity contribution in [2.75, 3.05) is 19.6 Å². The average Bonchev–Trinajstić information content (AvgIpc) is 3.51. The highest BCUT2D eigenvalue weighted by Crippen LogP contribution is 2.62. The van der Waals surface area contributed by atoms with Crippen LogP contribution in [0, 0.1) is 23.2 Å². The number of carboxylic acid groups (broad SMARTS) is 1. The molecule has 1 spiro atoms. The van der Waals surface area contributed by atoms with Crippen molar-refractivity contribution < 1.29 is 24.7 Å². The molecule has 1 saturated carbocycles. The SMILES string of the molecule is CC(C)C1CC12C[C@H](C(=O)NO)[C@@H](C(=O)N1CC=C(c3ccccc3)CC1)N(C(=O)O)C2. The van der Waals surface area contributed by atoms with Crippen molar-refractivity contribution in [1.82, 2.24) is 15.3 Å². The first kappa shape index (κ1) is 22.3. The quantitative estimate of drug-likeness (QED) is 0.492. The van der Waals surface area contributed by atoms with E-state index in [0.29, 0.717) is 37.8 Å². The van der Waals surface area contributed by atoms with E-state index in [-0.39, 0.29) is 17.9 Å². The summed E-state index contributed by atoms with van der Waals surface area (Å²) in [5.41, 5.74) is 3.63. The number of rotatable bonds is 4. The molecule has 2 fully saturated rings. The van der Waals surface area contributed by atoms with E-state index in [1.807, 2.05) is 36.4 Å². The van der Waals surface area contributed by atoms with Gasteiger partial charge in [-0.2, -0.15) is 0 Å². The fraction of sp³-hybridized carbons (Fsp3) is 0.542. The van der Waals surface area contributed by atoms with E-state index in [4.69, 9.17) is 0 Å². The Kier molecular flexibility index (Phi) is 5.99. The van der Waals surface area contributed by atoms with Crippen LogP contribution < -0.4 is 5.48 Å². The fourth-order valence-corrected chi connectivity index (χ4v) is 5.79. The van der Waals surface area contributed by atoms with E-state index in [1.54, 1.807) is 10.4 Å². The first-order valence-corrected chi connectivity index (χ1v) is 11.2. The lowest BCUT2D eigenvalue weighted by molar-refractivity contribution is -0.150. The standard InChI is InChI=1S/C24H31N3O5/c1-15(2)19-13-24(19)12-18(21(28)25-32)20(27(14-24)23(30)31)22(29)26-10-8-17(9-11-26)16-6-4-3-5-7-16/h3-8,15,18-20,32H,9-14H2,1-2H3,(H,25,28)(H,30,31)/t18-,19?,20-,24?/m0/s1. The molecule has 3 amide bonds. The number of carbonyl (C=O) groups is 3. The Labute approximate surface area is 187 Å². The summed E-state index contributed by atoms with van der Waals surface area (Å²) in [7, 11) is 0. The Balaban J connectivity index is 1.57. The number of hydroxylamine groups is 1. The van der Waals surface area contributed by atoms with Gasteiger partial charge in [-0.05, 0) is 47.6 Å². The topological polar surface area (TPSA) is 110 Å². The van der Waals surface area contributed by atoms with Gasteiger partial charge in [0, 0.05) is 19.6 Å². The minimum atomic E-state index is -1.20. The van der Waals surface area contributed by atoms with Gasteiger partial charge in [0.2, 0.25) is 11.8 Å². The predicted molar refractivity (Wildman–Crippen MR) is 118 cm³/mol. The van der Waals surface area contributed by atoms with Crippen LogP contribution in [0.15, 0.2) is 36.4 Å². The third-order valence-electron chi connectivity index (χ3n) is 7.50. The Hall–Kier alpha value is -2.87. The van der Waals surface area contributed by atoms with Crippen molar-refractivity contribution >= 4 is 23.5 Å². The number of amides is 3. The Bertz CT molecular complexity index is 931. The number of likely N-dealkylation sites (tertiary alicyclic amines) is 1. The minimum absolute atomic E-state index is 0.246. The second-order valence-electron chi connectivity index (χ2n) is 9.69. The van der Waals surface area contributed by atoms with Crippen molar-refractivity contribution in [3.63, 3.8) is 0 Å². The lowest BCUT2D eigenvalue weighted by Crippen LogP contribution is -2.62. The van der Waals surface area contributed by atoms with Gasteiger partial charge in [-0.1, -0.05) is 50.3 Å². The van der Waals surface area contributed by atoms with Gasteiger partial charge >= 0.3 is 6.09 Å². The summed E-state index contributed by atoms with van der Waals surface area (Å²) in [6.45, 7) is 5.24. The number of hydrogen-bond donors (Lipinski definition) is 3. The lowest BCUT2D eigenvalue weighted by atomic mass is 9.77. The molecule has 8 nitrogen and oxygen atoms in total. The monoisotopic (exact) mass is 441 g/mol. The van der Waals surface area contributed by atoms with Gasteiger partial charge in [-0.3, -0.25) is 19.7 Å². The first-order chi connectivity index (χ1) is 15.3. The van der Waals surface area contributed by atoms with E-state index in [0.717, 1.165) is 22.5 Å². The molecule has 3 N–H and O–H groups in total. The second kappa shape index (κ2) is 8.58. The molecule has 172 valence electrons. The molecule has 1 saturated heterocycles. The average molecular weight is 442 g/mol. The number of piperidine rings is 1. The van der Waals surface area contributed by atoms with Crippen LogP contribution in [0.1, 0.15) is 38.7 Å². The maximum atomic E-state index is 13.5. The van der Waals surface area contributed by atoms with Gasteiger partial charge in [0.15, 0.2) is 0 Å². The third-order valence-corrected chi connectivity index (χ3v) is 7.50. The van der Waals surface area contributed by atoms with Crippen LogP contribution in [0.2, 0.25) is 0 Å². The third kappa shape index (κ3) is 3.99. The van der Waals surface area contributed by atoms with Gasteiger partial charge in [-0.15, -0.1) is 0 Å². The van der Waals surface area contributed by atoms with Gasteiger partial charge < -0.3 is 10.0 Å². The molecule has 3 aliphatic rings. The summed E-state index contributed by atoms with van der Waals surface area (Å²) >= 11 is 0. The highest BCUT2D eigenvalue weighted by molar-refractivity contribution is 5.93. The summed E-state index contributed by atoms with van der Waals surface area (Å²) in [5.74, 6) is -1.32. The molecule has 1 aromatic rings. The fourth-order valence-electron chi connectivity index (χ4n) is 5.79. The normalized spacial score (nSPS) is 29.6. The van der Waals surface area contributed by atoms with Crippen molar-refractivity contribution in [3.05, 3.63) is 42.0 Å². The summed E-state index contributed by atoms with van der Waals surface area (Å²) in [6.07, 6.45) is 2.68. The van der Waals surface area contributed by atoms with Crippen LogP contribution >= 0.6 is 0 Å². The molecule has 1 aliphatic carbocycles. The van der Waals surface area contributed by atoms with Crippen LogP contribution in [0.4, 0.5) is 4.79 Å². The number of benzene rings is 1. The summed E-state index contributed by atoms with van der Waals surface area (Å²) in [5, 5.41) is 19.3. The number of nitrogens with one attached hydrogen (secondary N) is 1. The number of hydrogen-bond acceptors (Lipinski definition) is 4. The molecule has 0 aromatic heterocycles. The minimum Gasteiger partial charge on any atom is -0.465 e. The summed E-state index contributed by atoms with van der Waals surface area (Å²) < 4.78 is 0. The highest BCUT2D eigenvalue weighted by Gasteiger charge is 2.63. The molecule has 32 heavy (non-hydrogen) atoms. The largest absolute Gasteiger partial charge is 0.465 e. The van der Waals surface area contributed by atoms with Crippen LogP contribution in [0.25, 0.3) is 5.57 Å². The molecule has 2 aliphatic heterocycles. The van der Waals surface area contributed by atoms with E-state index in [1.165, 1.54) is 0 Å². The molecule has 4 rings (SSSR count). The van der Waals surface area contributed by atoms with E-state index in [2.05, 4.69) is 13.8 Å². The van der Waals surface area contributed by atoms with Crippen LogP contribution in [0.5, 0.6) is 0 Å². The molecule has 2 unspecified atom stereocenters. The summed E-state index contributed by atoms with van der Waals surface area (Å²) in [4.78, 5) is 41.1. The smallest absolute Gasteiger partial charge is 0.408 e. The van der Waals surface area contributed by atoms with Crippen molar-refractivity contribution in [2.24, 2.45) is 23.2 Å². The maximum absolute atomic E-state index is 13.5. The zero-order chi connectivity index (χ0) is 23.0. The number of nitrogens with zero attached hydrogens (tertiary/aromatic N) is 2. The zero-order valence-electron chi connectivity index (χ0n) is 18.5. The second-order valence-corrected chi connectivity index (χ2v) is 9.69. The number of carbonyl (C=O) groups excluding carboxylic acids is 2. The molecular formula is C24H31N3O5. The zero-order valence-corrected chi connectivity index (χ0v) is 18.5. The lowest BCUT2D eigenvalue weighted by Gasteiger charge is -2.44. The Morgan fingerprint density at radius 2 is 1.88 bits per heavy atom. The molecule has 0 bridgehead atoms. The molecular weight excluding hydrogens is 410 g/mol. The van der Waals surface area contributed by atoms with E-state index >= 15 is 0 Å². The van der Waals surface area contributed by atoms with Gasteiger partial charge in [0.25, 0.3) is 0 Å². The van der Waals surface area contributed by atoms with Gasteiger partial charge in [0.05, 0.1) is 5.92 Å².